The van der Waals surface area contributed by atoms with Gasteiger partial charge in [0.05, 0.1) is 6.10 Å². The predicted octanol–water partition coefficient (Wildman–Crippen LogP) is 2.30. The van der Waals surface area contributed by atoms with Crippen molar-refractivity contribution in [1.82, 2.24) is 15.5 Å². The molecular formula is C18H28ClIN4O2. The number of ether oxygens (including phenoxy) is 1. The van der Waals surface area contributed by atoms with Crippen molar-refractivity contribution in [2.45, 2.75) is 25.4 Å². The largest absolute Gasteiger partial charge is 0.376 e. The van der Waals surface area contributed by atoms with E-state index in [0.717, 1.165) is 37.4 Å². The van der Waals surface area contributed by atoms with E-state index < -0.39 is 0 Å². The van der Waals surface area contributed by atoms with Crippen LogP contribution in [-0.4, -0.2) is 63.2 Å². The molecule has 1 aliphatic heterocycles. The van der Waals surface area contributed by atoms with Crippen molar-refractivity contribution in [2.24, 2.45) is 4.99 Å². The number of amides is 1. The normalized spacial score (nSPS) is 16.7. The van der Waals surface area contributed by atoms with E-state index in [2.05, 4.69) is 15.6 Å². The first kappa shape index (κ1) is 23.0. The van der Waals surface area contributed by atoms with Crippen LogP contribution < -0.4 is 10.6 Å². The molecule has 0 radical (unpaired) electrons. The van der Waals surface area contributed by atoms with Crippen LogP contribution in [0.1, 0.15) is 18.4 Å². The summed E-state index contributed by atoms with van der Waals surface area (Å²) in [5, 5.41) is 7.29. The maximum atomic E-state index is 11.8. The summed E-state index contributed by atoms with van der Waals surface area (Å²) in [6, 6.07) is 7.79. The number of carbonyl (C=O) groups excluding carboxylic acids is 1. The van der Waals surface area contributed by atoms with Crippen molar-refractivity contribution < 1.29 is 9.53 Å². The fourth-order valence-corrected chi connectivity index (χ4v) is 2.58. The van der Waals surface area contributed by atoms with Gasteiger partial charge in [0.1, 0.15) is 6.54 Å². The van der Waals surface area contributed by atoms with E-state index in [1.165, 1.54) is 10.5 Å². The van der Waals surface area contributed by atoms with Crippen molar-refractivity contribution in [2.75, 3.05) is 40.3 Å². The summed E-state index contributed by atoms with van der Waals surface area (Å²) >= 11 is 5.90. The van der Waals surface area contributed by atoms with Gasteiger partial charge >= 0.3 is 0 Å². The van der Waals surface area contributed by atoms with Gasteiger partial charge in [0.2, 0.25) is 5.91 Å². The quantitative estimate of drug-likeness (QED) is 0.347. The third-order valence-electron chi connectivity index (χ3n) is 4.01. The van der Waals surface area contributed by atoms with E-state index in [-0.39, 0.29) is 42.5 Å². The Morgan fingerprint density at radius 1 is 1.31 bits per heavy atom. The maximum absolute atomic E-state index is 11.8. The lowest BCUT2D eigenvalue weighted by atomic mass is 10.1. The van der Waals surface area contributed by atoms with Gasteiger partial charge in [0.25, 0.3) is 0 Å². The van der Waals surface area contributed by atoms with Gasteiger partial charge in [-0.15, -0.1) is 24.0 Å². The van der Waals surface area contributed by atoms with Gasteiger partial charge in [0, 0.05) is 38.8 Å². The molecule has 0 bridgehead atoms. The molecule has 26 heavy (non-hydrogen) atoms. The highest BCUT2D eigenvalue weighted by Crippen LogP contribution is 2.11. The molecule has 2 N–H and O–H groups in total. The highest BCUT2D eigenvalue weighted by molar-refractivity contribution is 14.0. The number of likely N-dealkylation sites (N-methyl/N-ethyl adjacent to an activating group) is 1. The summed E-state index contributed by atoms with van der Waals surface area (Å²) < 4.78 is 5.62. The minimum atomic E-state index is -0.0316. The van der Waals surface area contributed by atoms with E-state index in [0.29, 0.717) is 12.5 Å². The summed E-state index contributed by atoms with van der Waals surface area (Å²) in [6.07, 6.45) is 3.22. The Labute approximate surface area is 177 Å². The molecule has 8 heteroatoms. The van der Waals surface area contributed by atoms with Crippen LogP contribution in [0.2, 0.25) is 5.02 Å². The Morgan fingerprint density at radius 2 is 2.04 bits per heavy atom. The number of rotatable bonds is 7. The van der Waals surface area contributed by atoms with Crippen LogP contribution in [0.25, 0.3) is 0 Å². The van der Waals surface area contributed by atoms with Gasteiger partial charge in [0.15, 0.2) is 5.96 Å². The second kappa shape index (κ2) is 12.3. The zero-order chi connectivity index (χ0) is 18.1. The monoisotopic (exact) mass is 494 g/mol. The second-order valence-electron chi connectivity index (χ2n) is 6.27. The van der Waals surface area contributed by atoms with E-state index in [9.17, 15) is 4.79 Å². The Hall–Kier alpha value is -1.06. The van der Waals surface area contributed by atoms with Crippen molar-refractivity contribution in [3.8, 4) is 0 Å². The molecule has 1 heterocycles. The van der Waals surface area contributed by atoms with Crippen molar-refractivity contribution >= 4 is 47.4 Å². The van der Waals surface area contributed by atoms with E-state index in [1.807, 2.05) is 24.3 Å². The Morgan fingerprint density at radius 3 is 2.65 bits per heavy atom. The minimum absolute atomic E-state index is 0. The zero-order valence-electron chi connectivity index (χ0n) is 15.3. The summed E-state index contributed by atoms with van der Waals surface area (Å²) in [5.41, 5.74) is 1.19. The molecule has 1 saturated heterocycles. The topological polar surface area (TPSA) is 66.0 Å². The zero-order valence-corrected chi connectivity index (χ0v) is 18.4. The Balaban J connectivity index is 0.00000338. The van der Waals surface area contributed by atoms with Crippen LogP contribution in [-0.2, 0) is 16.0 Å². The van der Waals surface area contributed by atoms with Crippen molar-refractivity contribution in [3.63, 3.8) is 0 Å². The van der Waals surface area contributed by atoms with Crippen molar-refractivity contribution in [1.29, 1.82) is 0 Å². The number of hydrogen-bond acceptors (Lipinski definition) is 3. The number of carbonyl (C=O) groups is 1. The molecule has 0 aliphatic carbocycles. The SMILES string of the molecule is CN(C)C(=O)CN=C(NCCc1ccc(Cl)cc1)NCC1CCCO1.I. The lowest BCUT2D eigenvalue weighted by molar-refractivity contribution is -0.127. The molecule has 146 valence electrons. The first-order valence-electron chi connectivity index (χ1n) is 8.63. The molecule has 1 aromatic rings. The highest BCUT2D eigenvalue weighted by atomic mass is 127. The molecule has 1 fully saturated rings. The maximum Gasteiger partial charge on any atom is 0.243 e. The third-order valence-corrected chi connectivity index (χ3v) is 4.26. The fourth-order valence-electron chi connectivity index (χ4n) is 2.45. The average molecular weight is 495 g/mol. The molecule has 1 unspecified atom stereocenters. The summed E-state index contributed by atoms with van der Waals surface area (Å²) in [7, 11) is 3.45. The van der Waals surface area contributed by atoms with Gasteiger partial charge in [-0.3, -0.25) is 4.79 Å². The van der Waals surface area contributed by atoms with Gasteiger partial charge in [-0.1, -0.05) is 23.7 Å². The van der Waals surface area contributed by atoms with Gasteiger partial charge in [-0.2, -0.15) is 0 Å². The van der Waals surface area contributed by atoms with Crippen LogP contribution in [0.15, 0.2) is 29.3 Å². The van der Waals surface area contributed by atoms with E-state index in [4.69, 9.17) is 16.3 Å². The van der Waals surface area contributed by atoms with Crippen LogP contribution in [0.5, 0.6) is 0 Å². The number of halogens is 2. The third kappa shape index (κ3) is 8.55. The molecule has 2 rings (SSSR count). The predicted molar refractivity (Wildman–Crippen MR) is 117 cm³/mol. The number of benzene rings is 1. The van der Waals surface area contributed by atoms with E-state index >= 15 is 0 Å². The Kier molecular flexibility index (Phi) is 10.9. The van der Waals surface area contributed by atoms with Gasteiger partial charge < -0.3 is 20.3 Å². The molecular weight excluding hydrogens is 467 g/mol. The summed E-state index contributed by atoms with van der Waals surface area (Å²) in [4.78, 5) is 17.7. The molecule has 0 saturated carbocycles. The van der Waals surface area contributed by atoms with Crippen LogP contribution >= 0.6 is 35.6 Å². The summed E-state index contributed by atoms with van der Waals surface area (Å²) in [6.45, 7) is 2.36. The number of nitrogens with one attached hydrogen (secondary N) is 2. The molecule has 6 nitrogen and oxygen atoms in total. The van der Waals surface area contributed by atoms with Gasteiger partial charge in [-0.05, 0) is 37.0 Å². The number of aliphatic imine (C=N–C) groups is 1. The minimum Gasteiger partial charge on any atom is -0.376 e. The molecule has 1 amide bonds. The standard InChI is InChI=1S/C18H27ClN4O2.HI/c1-23(2)17(24)13-22-18(21-12-16-4-3-11-25-16)20-10-9-14-5-7-15(19)8-6-14;/h5-8,16H,3-4,9-13H2,1-2H3,(H2,20,21,22);1H. The number of guanidine groups is 1. The van der Waals surface area contributed by atoms with Crippen LogP contribution in [0.3, 0.4) is 0 Å². The first-order valence-corrected chi connectivity index (χ1v) is 9.01. The first-order chi connectivity index (χ1) is 12.0. The molecule has 1 aromatic carbocycles. The second-order valence-corrected chi connectivity index (χ2v) is 6.71. The lowest BCUT2D eigenvalue weighted by Crippen LogP contribution is -2.42. The lowest BCUT2D eigenvalue weighted by Gasteiger charge is -2.16. The fraction of sp³-hybridized carbons (Fsp3) is 0.556. The summed E-state index contributed by atoms with van der Waals surface area (Å²) in [5.74, 6) is 0.607. The number of hydrogen-bond donors (Lipinski definition) is 2. The van der Waals surface area contributed by atoms with Crippen molar-refractivity contribution in [3.05, 3.63) is 34.9 Å². The molecule has 0 aromatic heterocycles. The van der Waals surface area contributed by atoms with Crippen LogP contribution in [0, 0.1) is 0 Å². The van der Waals surface area contributed by atoms with Gasteiger partial charge in [-0.25, -0.2) is 4.99 Å². The highest BCUT2D eigenvalue weighted by Gasteiger charge is 2.15. The Bertz CT molecular complexity index is 575. The van der Waals surface area contributed by atoms with E-state index in [1.54, 1.807) is 14.1 Å². The van der Waals surface area contributed by atoms with Crippen LogP contribution in [0.4, 0.5) is 0 Å². The smallest absolute Gasteiger partial charge is 0.243 e. The molecule has 0 spiro atoms. The average Bonchev–Trinajstić information content (AvgIpc) is 3.11. The number of nitrogens with zero attached hydrogens (tertiary/aromatic N) is 2. The molecule has 1 atom stereocenters. The molecule has 1 aliphatic rings.